The molecular weight excluding hydrogens is 321 g/mol. The molecule has 0 aromatic heterocycles. The van der Waals surface area contributed by atoms with Crippen molar-refractivity contribution in [1.82, 2.24) is 5.32 Å². The predicted octanol–water partition coefficient (Wildman–Crippen LogP) is 2.85. The largest absolute Gasteiger partial charge is 0.379 e. The standard InChI is InChI=1S/C19H26FN3O2/c1-14(2)25-12-4-9-22-19(24)15-7-10-23(11-8-15)18-6-3-5-17(20)16(18)13-21/h3,5-6,14-15H,4,7-12H2,1-2H3,(H,22,24). The van der Waals surface area contributed by atoms with Crippen LogP contribution in [-0.4, -0.2) is 38.3 Å². The Morgan fingerprint density at radius 3 is 2.80 bits per heavy atom. The molecule has 1 heterocycles. The van der Waals surface area contributed by atoms with Crippen LogP contribution in [0.4, 0.5) is 10.1 Å². The molecule has 25 heavy (non-hydrogen) atoms. The Morgan fingerprint density at radius 2 is 2.16 bits per heavy atom. The summed E-state index contributed by atoms with van der Waals surface area (Å²) in [6, 6.07) is 6.61. The van der Waals surface area contributed by atoms with Crippen molar-refractivity contribution in [1.29, 1.82) is 5.26 Å². The van der Waals surface area contributed by atoms with E-state index in [0.717, 1.165) is 6.42 Å². The second kappa shape index (κ2) is 9.38. The summed E-state index contributed by atoms with van der Waals surface area (Å²) in [7, 11) is 0. The number of rotatable bonds is 7. The maximum absolute atomic E-state index is 13.7. The fraction of sp³-hybridized carbons (Fsp3) is 0.579. The van der Waals surface area contributed by atoms with Crippen LogP contribution in [0.2, 0.25) is 0 Å². The van der Waals surface area contributed by atoms with Gasteiger partial charge < -0.3 is 15.0 Å². The number of ether oxygens (including phenoxy) is 1. The van der Waals surface area contributed by atoms with Crippen molar-refractivity contribution < 1.29 is 13.9 Å². The highest BCUT2D eigenvalue weighted by Crippen LogP contribution is 2.27. The Balaban J connectivity index is 1.79. The van der Waals surface area contributed by atoms with Gasteiger partial charge in [0.15, 0.2) is 0 Å². The zero-order chi connectivity index (χ0) is 18.2. The van der Waals surface area contributed by atoms with Gasteiger partial charge in [-0.2, -0.15) is 5.26 Å². The Bertz CT molecular complexity index is 620. The van der Waals surface area contributed by atoms with E-state index in [1.54, 1.807) is 12.1 Å². The lowest BCUT2D eigenvalue weighted by Gasteiger charge is -2.33. The molecular formula is C19H26FN3O2. The van der Waals surface area contributed by atoms with Gasteiger partial charge in [-0.25, -0.2) is 4.39 Å². The number of hydrogen-bond acceptors (Lipinski definition) is 4. The van der Waals surface area contributed by atoms with E-state index in [-0.39, 0.29) is 23.5 Å². The second-order valence-electron chi connectivity index (χ2n) is 6.57. The lowest BCUT2D eigenvalue weighted by molar-refractivity contribution is -0.125. The third-order valence-corrected chi connectivity index (χ3v) is 4.38. The molecule has 1 amide bonds. The first kappa shape index (κ1) is 19.2. The number of carbonyl (C=O) groups excluding carboxylic acids is 1. The second-order valence-corrected chi connectivity index (χ2v) is 6.57. The van der Waals surface area contributed by atoms with Crippen LogP contribution in [0.15, 0.2) is 18.2 Å². The number of amides is 1. The van der Waals surface area contributed by atoms with E-state index in [1.165, 1.54) is 6.07 Å². The number of carbonyl (C=O) groups is 1. The summed E-state index contributed by atoms with van der Waals surface area (Å²) < 4.78 is 19.2. The summed E-state index contributed by atoms with van der Waals surface area (Å²) in [5.41, 5.74) is 0.697. The van der Waals surface area contributed by atoms with Crippen LogP contribution in [0.1, 0.15) is 38.7 Å². The molecule has 1 aromatic carbocycles. The molecule has 0 spiro atoms. The van der Waals surface area contributed by atoms with Gasteiger partial charge in [0.2, 0.25) is 5.91 Å². The summed E-state index contributed by atoms with van der Waals surface area (Å²) in [6.45, 7) is 6.53. The molecule has 0 saturated carbocycles. The van der Waals surface area contributed by atoms with Gasteiger partial charge in [0.25, 0.3) is 0 Å². The third-order valence-electron chi connectivity index (χ3n) is 4.38. The average molecular weight is 347 g/mol. The Hall–Kier alpha value is -2.13. The van der Waals surface area contributed by atoms with Crippen LogP contribution < -0.4 is 10.2 Å². The van der Waals surface area contributed by atoms with Crippen molar-refractivity contribution >= 4 is 11.6 Å². The highest BCUT2D eigenvalue weighted by atomic mass is 19.1. The van der Waals surface area contributed by atoms with Gasteiger partial charge in [-0.05, 0) is 45.2 Å². The molecule has 1 saturated heterocycles. The van der Waals surface area contributed by atoms with Gasteiger partial charge in [0.05, 0.1) is 11.8 Å². The summed E-state index contributed by atoms with van der Waals surface area (Å²) in [5, 5.41) is 12.1. The minimum atomic E-state index is -0.497. The van der Waals surface area contributed by atoms with Crippen LogP contribution in [-0.2, 0) is 9.53 Å². The fourth-order valence-electron chi connectivity index (χ4n) is 3.02. The third kappa shape index (κ3) is 5.43. The van der Waals surface area contributed by atoms with Gasteiger partial charge in [-0.1, -0.05) is 6.07 Å². The Morgan fingerprint density at radius 1 is 1.44 bits per heavy atom. The molecule has 1 aliphatic rings. The van der Waals surface area contributed by atoms with Gasteiger partial charge in [-0.3, -0.25) is 4.79 Å². The summed E-state index contributed by atoms with van der Waals surface area (Å²) in [6.07, 6.45) is 2.42. The molecule has 6 heteroatoms. The SMILES string of the molecule is CC(C)OCCCNC(=O)C1CCN(c2cccc(F)c2C#N)CC1. The molecule has 1 N–H and O–H groups in total. The average Bonchev–Trinajstić information content (AvgIpc) is 2.61. The predicted molar refractivity (Wildman–Crippen MR) is 94.8 cm³/mol. The molecule has 0 unspecified atom stereocenters. The molecule has 5 nitrogen and oxygen atoms in total. The zero-order valence-corrected chi connectivity index (χ0v) is 14.9. The van der Waals surface area contributed by atoms with Gasteiger partial charge >= 0.3 is 0 Å². The number of halogens is 1. The van der Waals surface area contributed by atoms with E-state index < -0.39 is 5.82 Å². The van der Waals surface area contributed by atoms with Crippen LogP contribution in [0.25, 0.3) is 0 Å². The van der Waals surface area contributed by atoms with Crippen LogP contribution in [0.5, 0.6) is 0 Å². The molecule has 1 aromatic rings. The summed E-state index contributed by atoms with van der Waals surface area (Å²) >= 11 is 0. The zero-order valence-electron chi connectivity index (χ0n) is 14.9. The van der Waals surface area contributed by atoms with Crippen molar-refractivity contribution in [3.63, 3.8) is 0 Å². The quantitative estimate of drug-likeness (QED) is 0.770. The first-order valence-electron chi connectivity index (χ1n) is 8.85. The molecule has 0 bridgehead atoms. The maximum Gasteiger partial charge on any atom is 0.223 e. The lowest BCUT2D eigenvalue weighted by Crippen LogP contribution is -2.41. The Kier molecular flexibility index (Phi) is 7.20. The molecule has 0 atom stereocenters. The number of hydrogen-bond donors (Lipinski definition) is 1. The number of benzene rings is 1. The summed E-state index contributed by atoms with van der Waals surface area (Å²) in [5.74, 6) is -0.450. The highest BCUT2D eigenvalue weighted by Gasteiger charge is 2.26. The molecule has 0 radical (unpaired) electrons. The van der Waals surface area contributed by atoms with E-state index in [4.69, 9.17) is 10.00 Å². The van der Waals surface area contributed by atoms with E-state index in [9.17, 15) is 9.18 Å². The van der Waals surface area contributed by atoms with Crippen molar-refractivity contribution in [2.45, 2.75) is 39.2 Å². The van der Waals surface area contributed by atoms with Crippen LogP contribution in [0, 0.1) is 23.1 Å². The molecule has 1 fully saturated rings. The smallest absolute Gasteiger partial charge is 0.223 e. The van der Waals surface area contributed by atoms with Crippen molar-refractivity contribution in [3.8, 4) is 6.07 Å². The van der Waals surface area contributed by atoms with E-state index in [2.05, 4.69) is 5.32 Å². The number of nitrogens with zero attached hydrogens (tertiary/aromatic N) is 2. The molecule has 1 aliphatic heterocycles. The highest BCUT2D eigenvalue weighted by molar-refractivity contribution is 5.79. The minimum absolute atomic E-state index is 0.0265. The van der Waals surface area contributed by atoms with E-state index >= 15 is 0 Å². The van der Waals surface area contributed by atoms with E-state index in [1.807, 2.05) is 24.8 Å². The summed E-state index contributed by atoms with van der Waals surface area (Å²) in [4.78, 5) is 14.2. The number of nitrogens with one attached hydrogen (secondary N) is 1. The number of piperidine rings is 1. The molecule has 0 aliphatic carbocycles. The normalized spacial score (nSPS) is 15.2. The van der Waals surface area contributed by atoms with Crippen LogP contribution in [0.3, 0.4) is 0 Å². The van der Waals surface area contributed by atoms with Crippen molar-refractivity contribution in [3.05, 3.63) is 29.6 Å². The first-order valence-corrected chi connectivity index (χ1v) is 8.85. The molecule has 2 rings (SSSR count). The van der Waals surface area contributed by atoms with Gasteiger partial charge in [-0.15, -0.1) is 0 Å². The number of anilines is 1. The van der Waals surface area contributed by atoms with Gasteiger partial charge in [0, 0.05) is 32.2 Å². The number of nitriles is 1. The maximum atomic E-state index is 13.7. The first-order chi connectivity index (χ1) is 12.0. The topological polar surface area (TPSA) is 65.4 Å². The lowest BCUT2D eigenvalue weighted by atomic mass is 9.95. The van der Waals surface area contributed by atoms with E-state index in [0.29, 0.717) is 44.8 Å². The van der Waals surface area contributed by atoms with Crippen molar-refractivity contribution in [2.24, 2.45) is 5.92 Å². The van der Waals surface area contributed by atoms with Crippen LogP contribution >= 0.6 is 0 Å². The molecule has 136 valence electrons. The minimum Gasteiger partial charge on any atom is -0.379 e. The monoisotopic (exact) mass is 347 g/mol. The Labute approximate surface area is 148 Å². The van der Waals surface area contributed by atoms with Crippen molar-refractivity contribution in [2.75, 3.05) is 31.1 Å². The van der Waals surface area contributed by atoms with Gasteiger partial charge in [0.1, 0.15) is 17.4 Å². The fourth-order valence-corrected chi connectivity index (χ4v) is 3.02.